The summed E-state index contributed by atoms with van der Waals surface area (Å²) in [4.78, 5) is 11.0. The molecule has 1 rings (SSSR count). The topological polar surface area (TPSA) is 37.3 Å². The summed E-state index contributed by atoms with van der Waals surface area (Å²) in [6, 6.07) is 7.05. The largest absolute Gasteiger partial charge is 0.481 e. The minimum absolute atomic E-state index is 0.432. The molecule has 0 aliphatic carbocycles. The molecule has 0 aliphatic rings. The van der Waals surface area contributed by atoms with Gasteiger partial charge in [0.15, 0.2) is 0 Å². The van der Waals surface area contributed by atoms with Crippen LogP contribution in [0, 0.1) is 0 Å². The Kier molecular flexibility index (Phi) is 3.96. The zero-order chi connectivity index (χ0) is 10.6. The summed E-state index contributed by atoms with van der Waals surface area (Å²) in [5, 5.41) is 9.59. The molecular formula is C11H13ClO2. The normalized spacial score (nSPS) is 12.4. The molecular weight excluding hydrogens is 200 g/mol. The van der Waals surface area contributed by atoms with Crippen molar-refractivity contribution < 1.29 is 9.90 Å². The number of carboxylic acids is 1. The van der Waals surface area contributed by atoms with Crippen molar-refractivity contribution in [3.63, 3.8) is 0 Å². The van der Waals surface area contributed by atoms with E-state index in [0.717, 1.165) is 12.0 Å². The lowest BCUT2D eigenvalue weighted by molar-refractivity contribution is -0.139. The molecule has 0 aliphatic heterocycles. The number of hydrogen-bond acceptors (Lipinski definition) is 1. The van der Waals surface area contributed by atoms with Gasteiger partial charge < -0.3 is 5.11 Å². The summed E-state index contributed by atoms with van der Waals surface area (Å²) in [6.45, 7) is 1.97. The molecule has 76 valence electrons. The Hall–Kier alpha value is -1.02. The lowest BCUT2D eigenvalue weighted by Gasteiger charge is -2.11. The maximum atomic E-state index is 11.0. The summed E-state index contributed by atoms with van der Waals surface area (Å²) in [5.74, 6) is -1.21. The zero-order valence-corrected chi connectivity index (χ0v) is 8.79. The zero-order valence-electron chi connectivity index (χ0n) is 8.03. The number of carboxylic acid groups (broad SMARTS) is 1. The first kappa shape index (κ1) is 11.1. The highest BCUT2D eigenvalue weighted by Crippen LogP contribution is 2.23. The van der Waals surface area contributed by atoms with Crippen molar-refractivity contribution in [2.75, 3.05) is 0 Å². The Bertz CT molecular complexity index is 323. The van der Waals surface area contributed by atoms with Crippen LogP contribution in [0.15, 0.2) is 24.3 Å². The second-order valence-electron chi connectivity index (χ2n) is 3.23. The highest BCUT2D eigenvalue weighted by atomic mass is 35.5. The molecule has 1 aromatic rings. The monoisotopic (exact) mass is 212 g/mol. The highest BCUT2D eigenvalue weighted by molar-refractivity contribution is 6.30. The van der Waals surface area contributed by atoms with Crippen LogP contribution >= 0.6 is 11.6 Å². The van der Waals surface area contributed by atoms with Crippen molar-refractivity contribution in [1.82, 2.24) is 0 Å². The Labute approximate surface area is 88.5 Å². The maximum Gasteiger partial charge on any atom is 0.310 e. The predicted octanol–water partition coefficient (Wildman–Crippen LogP) is 3.31. The van der Waals surface area contributed by atoms with Crippen molar-refractivity contribution >= 4 is 17.6 Å². The predicted molar refractivity (Wildman–Crippen MR) is 56.7 cm³/mol. The molecule has 3 heteroatoms. The van der Waals surface area contributed by atoms with E-state index >= 15 is 0 Å². The van der Waals surface area contributed by atoms with Crippen LogP contribution in [-0.2, 0) is 4.79 Å². The number of rotatable bonds is 4. The van der Waals surface area contributed by atoms with Gasteiger partial charge in [0.1, 0.15) is 0 Å². The molecule has 0 bridgehead atoms. The Morgan fingerprint density at radius 2 is 2.29 bits per heavy atom. The number of carbonyl (C=O) groups is 1. The second-order valence-corrected chi connectivity index (χ2v) is 3.67. The molecule has 0 spiro atoms. The van der Waals surface area contributed by atoms with E-state index in [-0.39, 0.29) is 0 Å². The number of aliphatic carboxylic acids is 1. The first-order valence-electron chi connectivity index (χ1n) is 4.63. The molecule has 0 saturated carbocycles. The SMILES string of the molecule is CCC[C@H](C(=O)O)c1cccc(Cl)c1. The van der Waals surface area contributed by atoms with Crippen LogP contribution in [0.4, 0.5) is 0 Å². The molecule has 0 radical (unpaired) electrons. The van der Waals surface area contributed by atoms with E-state index in [0.29, 0.717) is 11.4 Å². The fraction of sp³-hybridized carbons (Fsp3) is 0.364. The standard InChI is InChI=1S/C11H13ClO2/c1-2-4-10(11(13)14)8-5-3-6-9(12)7-8/h3,5-7,10H,2,4H2,1H3,(H,13,14)/t10-/m0/s1. The van der Waals surface area contributed by atoms with Crippen LogP contribution in [-0.4, -0.2) is 11.1 Å². The summed E-state index contributed by atoms with van der Waals surface area (Å²) < 4.78 is 0. The number of halogens is 1. The van der Waals surface area contributed by atoms with E-state index in [1.54, 1.807) is 24.3 Å². The van der Waals surface area contributed by atoms with Crippen molar-refractivity contribution in [3.8, 4) is 0 Å². The van der Waals surface area contributed by atoms with Gasteiger partial charge in [-0.1, -0.05) is 37.1 Å². The van der Waals surface area contributed by atoms with E-state index in [1.807, 2.05) is 6.92 Å². The van der Waals surface area contributed by atoms with Gasteiger partial charge in [-0.25, -0.2) is 0 Å². The Morgan fingerprint density at radius 1 is 1.57 bits per heavy atom. The molecule has 1 aromatic carbocycles. The minimum atomic E-state index is -0.783. The van der Waals surface area contributed by atoms with Gasteiger partial charge >= 0.3 is 5.97 Å². The molecule has 0 amide bonds. The minimum Gasteiger partial charge on any atom is -0.481 e. The molecule has 1 atom stereocenters. The molecule has 0 saturated heterocycles. The van der Waals surface area contributed by atoms with Crippen LogP contribution in [0.5, 0.6) is 0 Å². The Morgan fingerprint density at radius 3 is 2.79 bits per heavy atom. The van der Waals surface area contributed by atoms with E-state index in [2.05, 4.69) is 0 Å². The van der Waals surface area contributed by atoms with Gasteiger partial charge in [0.2, 0.25) is 0 Å². The quantitative estimate of drug-likeness (QED) is 0.832. The molecule has 0 heterocycles. The Balaban J connectivity index is 2.93. The molecule has 0 aromatic heterocycles. The molecule has 0 fully saturated rings. The summed E-state index contributed by atoms with van der Waals surface area (Å²) in [7, 11) is 0. The third-order valence-corrected chi connectivity index (χ3v) is 2.36. The average Bonchev–Trinajstić information content (AvgIpc) is 2.13. The first-order chi connectivity index (χ1) is 6.65. The van der Waals surface area contributed by atoms with E-state index in [9.17, 15) is 4.79 Å². The smallest absolute Gasteiger partial charge is 0.310 e. The van der Waals surface area contributed by atoms with Crippen LogP contribution in [0.25, 0.3) is 0 Å². The van der Waals surface area contributed by atoms with Gasteiger partial charge in [0.25, 0.3) is 0 Å². The van der Waals surface area contributed by atoms with Crippen LogP contribution in [0.3, 0.4) is 0 Å². The van der Waals surface area contributed by atoms with Gasteiger partial charge in [-0.3, -0.25) is 4.79 Å². The van der Waals surface area contributed by atoms with Gasteiger partial charge in [0, 0.05) is 5.02 Å². The van der Waals surface area contributed by atoms with Gasteiger partial charge in [-0.05, 0) is 24.1 Å². The molecule has 14 heavy (non-hydrogen) atoms. The van der Waals surface area contributed by atoms with Crippen LogP contribution < -0.4 is 0 Å². The summed E-state index contributed by atoms with van der Waals surface area (Å²) in [5.41, 5.74) is 0.784. The fourth-order valence-electron chi connectivity index (χ4n) is 1.44. The first-order valence-corrected chi connectivity index (χ1v) is 5.01. The van der Waals surface area contributed by atoms with Crippen LogP contribution in [0.1, 0.15) is 31.2 Å². The molecule has 1 N–H and O–H groups in total. The lowest BCUT2D eigenvalue weighted by atomic mass is 9.95. The van der Waals surface area contributed by atoms with Crippen molar-refractivity contribution in [1.29, 1.82) is 0 Å². The van der Waals surface area contributed by atoms with Crippen LogP contribution in [0.2, 0.25) is 5.02 Å². The van der Waals surface area contributed by atoms with Gasteiger partial charge in [-0.15, -0.1) is 0 Å². The fourth-order valence-corrected chi connectivity index (χ4v) is 1.64. The molecule has 0 unspecified atom stereocenters. The number of benzene rings is 1. The summed E-state index contributed by atoms with van der Waals surface area (Å²) >= 11 is 5.80. The maximum absolute atomic E-state index is 11.0. The highest BCUT2D eigenvalue weighted by Gasteiger charge is 2.18. The summed E-state index contributed by atoms with van der Waals surface area (Å²) in [6.07, 6.45) is 1.50. The van der Waals surface area contributed by atoms with E-state index in [1.165, 1.54) is 0 Å². The van der Waals surface area contributed by atoms with Gasteiger partial charge in [0.05, 0.1) is 5.92 Å². The van der Waals surface area contributed by atoms with Crippen molar-refractivity contribution in [2.45, 2.75) is 25.7 Å². The second kappa shape index (κ2) is 5.01. The molecule has 2 nitrogen and oxygen atoms in total. The number of hydrogen-bond donors (Lipinski definition) is 1. The van der Waals surface area contributed by atoms with Gasteiger partial charge in [-0.2, -0.15) is 0 Å². The average molecular weight is 213 g/mol. The third-order valence-electron chi connectivity index (χ3n) is 2.13. The van der Waals surface area contributed by atoms with Crippen molar-refractivity contribution in [3.05, 3.63) is 34.9 Å². The van der Waals surface area contributed by atoms with E-state index in [4.69, 9.17) is 16.7 Å². The van der Waals surface area contributed by atoms with E-state index < -0.39 is 11.9 Å². The van der Waals surface area contributed by atoms with Crippen molar-refractivity contribution in [2.24, 2.45) is 0 Å². The third kappa shape index (κ3) is 2.74. The lowest BCUT2D eigenvalue weighted by Crippen LogP contribution is -2.11.